The third kappa shape index (κ3) is 4.40. The molecule has 1 N–H and O–H groups in total. The summed E-state index contributed by atoms with van der Waals surface area (Å²) in [6.07, 6.45) is 1.36. The number of benzene rings is 1. The first-order valence-electron chi connectivity index (χ1n) is 7.52. The van der Waals surface area contributed by atoms with E-state index >= 15 is 0 Å². The zero-order chi connectivity index (χ0) is 16.8. The van der Waals surface area contributed by atoms with Crippen LogP contribution in [0.1, 0.15) is 18.4 Å². The molecular weight excluding hydrogens is 304 g/mol. The van der Waals surface area contributed by atoms with Gasteiger partial charge in [-0.15, -0.1) is 0 Å². The smallest absolute Gasteiger partial charge is 0.308 e. The molecule has 1 aliphatic heterocycles. The van der Waals surface area contributed by atoms with E-state index in [2.05, 4.69) is 10.3 Å². The van der Waals surface area contributed by atoms with E-state index in [0.29, 0.717) is 31.9 Å². The predicted octanol–water partition coefficient (Wildman–Crippen LogP) is 1.93. The summed E-state index contributed by atoms with van der Waals surface area (Å²) in [6, 6.07) is 3.36. The molecule has 0 aromatic heterocycles. The van der Waals surface area contributed by atoms with Crippen molar-refractivity contribution in [2.45, 2.75) is 19.4 Å². The number of guanidine groups is 1. The summed E-state index contributed by atoms with van der Waals surface area (Å²) in [7, 11) is 3.03. The Morgan fingerprint density at radius 3 is 2.70 bits per heavy atom. The van der Waals surface area contributed by atoms with Gasteiger partial charge >= 0.3 is 5.97 Å². The normalized spacial score (nSPS) is 16.3. The molecule has 1 saturated heterocycles. The minimum absolute atomic E-state index is 0.0879. The molecular formula is C16H21F2N3O2. The number of methoxy groups -OCH3 is 1. The summed E-state index contributed by atoms with van der Waals surface area (Å²) in [5.41, 5.74) is 0.246. The van der Waals surface area contributed by atoms with Crippen LogP contribution in [0.4, 0.5) is 8.78 Å². The molecule has 1 aromatic carbocycles. The number of carbonyl (C=O) groups is 1. The maximum absolute atomic E-state index is 13.6. The molecule has 0 amide bonds. The fraction of sp³-hybridized carbons (Fsp3) is 0.500. The number of halogens is 2. The van der Waals surface area contributed by atoms with E-state index in [-0.39, 0.29) is 24.0 Å². The fourth-order valence-electron chi connectivity index (χ4n) is 2.68. The molecule has 0 saturated carbocycles. The molecule has 0 unspecified atom stereocenters. The number of carbonyl (C=O) groups excluding carboxylic acids is 1. The molecule has 1 fully saturated rings. The second-order valence-electron chi connectivity index (χ2n) is 5.42. The van der Waals surface area contributed by atoms with Crippen molar-refractivity contribution in [3.8, 4) is 0 Å². The molecule has 0 spiro atoms. The van der Waals surface area contributed by atoms with E-state index in [4.69, 9.17) is 4.74 Å². The third-order valence-electron chi connectivity index (χ3n) is 3.99. The molecule has 126 valence electrons. The van der Waals surface area contributed by atoms with Crippen LogP contribution in [0, 0.1) is 17.6 Å². The van der Waals surface area contributed by atoms with Crippen LogP contribution in [0.3, 0.4) is 0 Å². The van der Waals surface area contributed by atoms with Crippen molar-refractivity contribution < 1.29 is 18.3 Å². The van der Waals surface area contributed by atoms with Gasteiger partial charge in [0.1, 0.15) is 11.6 Å². The minimum Gasteiger partial charge on any atom is -0.469 e. The van der Waals surface area contributed by atoms with Crippen LogP contribution in [0.15, 0.2) is 23.2 Å². The summed E-state index contributed by atoms with van der Waals surface area (Å²) in [5, 5.41) is 3.03. The van der Waals surface area contributed by atoms with Crippen molar-refractivity contribution in [3.05, 3.63) is 35.4 Å². The van der Waals surface area contributed by atoms with Crippen molar-refractivity contribution in [2.24, 2.45) is 10.9 Å². The van der Waals surface area contributed by atoms with Crippen LogP contribution in [0.5, 0.6) is 0 Å². The molecule has 1 aromatic rings. The monoisotopic (exact) mass is 325 g/mol. The Hall–Kier alpha value is -2.18. The number of piperidine rings is 1. The van der Waals surface area contributed by atoms with Gasteiger partial charge in [-0.3, -0.25) is 9.79 Å². The van der Waals surface area contributed by atoms with E-state index in [1.165, 1.54) is 13.2 Å². The van der Waals surface area contributed by atoms with Crippen molar-refractivity contribution >= 4 is 11.9 Å². The van der Waals surface area contributed by atoms with Gasteiger partial charge in [0.15, 0.2) is 5.96 Å². The third-order valence-corrected chi connectivity index (χ3v) is 3.99. The maximum Gasteiger partial charge on any atom is 0.308 e. The van der Waals surface area contributed by atoms with Gasteiger partial charge in [0.05, 0.1) is 13.0 Å². The lowest BCUT2D eigenvalue weighted by Gasteiger charge is -2.33. The Balaban J connectivity index is 1.92. The van der Waals surface area contributed by atoms with Crippen LogP contribution in [-0.4, -0.2) is 44.1 Å². The number of esters is 1. The van der Waals surface area contributed by atoms with Gasteiger partial charge in [-0.25, -0.2) is 8.78 Å². The second kappa shape index (κ2) is 7.89. The largest absolute Gasteiger partial charge is 0.469 e. The Bertz CT molecular complexity index is 585. The van der Waals surface area contributed by atoms with E-state index in [0.717, 1.165) is 12.1 Å². The number of nitrogens with one attached hydrogen (secondary N) is 1. The zero-order valence-corrected chi connectivity index (χ0v) is 13.3. The lowest BCUT2D eigenvalue weighted by Crippen LogP contribution is -2.46. The molecule has 0 aliphatic carbocycles. The fourth-order valence-corrected chi connectivity index (χ4v) is 2.68. The van der Waals surface area contributed by atoms with Crippen LogP contribution >= 0.6 is 0 Å². The number of likely N-dealkylation sites (tertiary alicyclic amines) is 1. The molecule has 1 heterocycles. The van der Waals surface area contributed by atoms with Gasteiger partial charge in [-0.2, -0.15) is 0 Å². The van der Waals surface area contributed by atoms with Gasteiger partial charge in [0.2, 0.25) is 0 Å². The van der Waals surface area contributed by atoms with E-state index in [1.54, 1.807) is 7.05 Å². The molecule has 7 heteroatoms. The van der Waals surface area contributed by atoms with Gasteiger partial charge in [0, 0.05) is 32.2 Å². The van der Waals surface area contributed by atoms with Gasteiger partial charge in [-0.1, -0.05) is 0 Å². The number of hydrogen-bond donors (Lipinski definition) is 1. The van der Waals surface area contributed by atoms with Gasteiger partial charge < -0.3 is 15.0 Å². The Morgan fingerprint density at radius 1 is 1.39 bits per heavy atom. The maximum atomic E-state index is 13.6. The average molecular weight is 325 g/mol. The van der Waals surface area contributed by atoms with Gasteiger partial charge in [-0.05, 0) is 31.0 Å². The van der Waals surface area contributed by atoms with Crippen LogP contribution < -0.4 is 5.32 Å². The van der Waals surface area contributed by atoms with Crippen molar-refractivity contribution in [1.29, 1.82) is 0 Å². The molecule has 2 rings (SSSR count). The van der Waals surface area contributed by atoms with Crippen molar-refractivity contribution in [1.82, 2.24) is 10.2 Å². The number of ether oxygens (including phenoxy) is 1. The number of rotatable bonds is 3. The topological polar surface area (TPSA) is 53.9 Å². The van der Waals surface area contributed by atoms with Crippen LogP contribution in [-0.2, 0) is 16.1 Å². The summed E-state index contributed by atoms with van der Waals surface area (Å²) in [4.78, 5) is 17.7. The highest BCUT2D eigenvalue weighted by Crippen LogP contribution is 2.18. The first kappa shape index (κ1) is 17.2. The average Bonchev–Trinajstić information content (AvgIpc) is 2.58. The van der Waals surface area contributed by atoms with Crippen molar-refractivity contribution in [3.63, 3.8) is 0 Å². The summed E-state index contributed by atoms with van der Waals surface area (Å²) in [5.74, 6) is -0.600. The number of nitrogens with zero attached hydrogens (tertiary/aromatic N) is 2. The molecule has 0 bridgehead atoms. The first-order chi connectivity index (χ1) is 11.0. The van der Waals surface area contributed by atoms with E-state index in [1.807, 2.05) is 4.90 Å². The highest BCUT2D eigenvalue weighted by Gasteiger charge is 2.26. The molecule has 23 heavy (non-hydrogen) atoms. The van der Waals surface area contributed by atoms with Crippen LogP contribution in [0.2, 0.25) is 0 Å². The second-order valence-corrected chi connectivity index (χ2v) is 5.42. The number of aliphatic imine (C=N–C) groups is 1. The summed E-state index contributed by atoms with van der Waals surface area (Å²) < 4.78 is 31.6. The summed E-state index contributed by atoms with van der Waals surface area (Å²) in [6.45, 7) is 1.46. The lowest BCUT2D eigenvalue weighted by molar-refractivity contribution is -0.146. The number of hydrogen-bond acceptors (Lipinski definition) is 3. The van der Waals surface area contributed by atoms with Crippen molar-refractivity contribution in [2.75, 3.05) is 27.2 Å². The first-order valence-corrected chi connectivity index (χ1v) is 7.52. The zero-order valence-electron chi connectivity index (χ0n) is 13.3. The molecule has 5 nitrogen and oxygen atoms in total. The SMILES string of the molecule is CN=C(NCc1cc(F)ccc1F)N1CCC(C(=O)OC)CC1. The predicted molar refractivity (Wildman–Crippen MR) is 82.9 cm³/mol. The highest BCUT2D eigenvalue weighted by molar-refractivity contribution is 5.80. The Labute approximate surface area is 134 Å². The van der Waals surface area contributed by atoms with Crippen LogP contribution in [0.25, 0.3) is 0 Å². The standard InChI is InChI=1S/C16H21F2N3O2/c1-19-16(20-10-12-9-13(17)3-4-14(12)18)21-7-5-11(6-8-21)15(22)23-2/h3-4,9,11H,5-8,10H2,1-2H3,(H,19,20). The van der Waals surface area contributed by atoms with Gasteiger partial charge in [0.25, 0.3) is 0 Å². The van der Waals surface area contributed by atoms with E-state index < -0.39 is 11.6 Å². The molecule has 0 radical (unpaired) electrons. The Kier molecular flexibility index (Phi) is 5.90. The van der Waals surface area contributed by atoms with E-state index in [9.17, 15) is 13.6 Å². The highest BCUT2D eigenvalue weighted by atomic mass is 19.1. The lowest BCUT2D eigenvalue weighted by atomic mass is 9.97. The molecule has 1 aliphatic rings. The quantitative estimate of drug-likeness (QED) is 0.524. The Morgan fingerprint density at radius 2 is 2.09 bits per heavy atom. The molecule has 0 atom stereocenters. The summed E-state index contributed by atoms with van der Waals surface area (Å²) >= 11 is 0. The minimum atomic E-state index is -0.475.